The van der Waals surface area contributed by atoms with Gasteiger partial charge in [-0.05, 0) is 64.2 Å². The summed E-state index contributed by atoms with van der Waals surface area (Å²) in [5.41, 5.74) is -1.44. The molecule has 9 heteroatoms. The summed E-state index contributed by atoms with van der Waals surface area (Å²) < 4.78 is 5.65. The molecule has 0 spiro atoms. The van der Waals surface area contributed by atoms with E-state index in [-0.39, 0.29) is 51.6 Å². The molecule has 1 aromatic carbocycles. The number of amides is 1. The van der Waals surface area contributed by atoms with E-state index in [9.17, 15) is 34.5 Å². The van der Waals surface area contributed by atoms with Gasteiger partial charge in [0.1, 0.15) is 23.6 Å². The maximum atomic E-state index is 13.5. The van der Waals surface area contributed by atoms with Crippen LogP contribution in [0.25, 0.3) is 0 Å². The van der Waals surface area contributed by atoms with Crippen molar-refractivity contribution in [2.75, 3.05) is 0 Å². The van der Waals surface area contributed by atoms with E-state index in [2.05, 4.69) is 5.32 Å². The molecule has 0 radical (unpaired) electrons. The highest BCUT2D eigenvalue weighted by Crippen LogP contribution is 2.49. The number of phenolic OH excluding ortho intramolecular Hbond substituents is 1. The fourth-order valence-electron chi connectivity index (χ4n) is 5.49. The molecule has 1 fully saturated rings. The Labute approximate surface area is 232 Å². The molecule has 1 amide bonds. The predicted molar refractivity (Wildman–Crippen MR) is 146 cm³/mol. The third-order valence-electron chi connectivity index (χ3n) is 7.76. The second-order valence-electron chi connectivity index (χ2n) is 11.0. The van der Waals surface area contributed by atoms with Crippen molar-refractivity contribution in [2.24, 2.45) is 11.8 Å². The number of hydrogen-bond acceptors (Lipinski definition) is 8. The Morgan fingerprint density at radius 2 is 1.88 bits per heavy atom. The molecule has 4 bridgehead atoms. The molecule has 1 aromatic rings. The SMILES string of the molecule is CC[C@@H]1/C=C\[C@@H]([C@@H](O)C=C(C)C)OC(=O)/C(C)=C\[C@@H]2C(=O)NC3=CC(=O)c4c(cc(C)c(O)c4C(=O)CC1)[C@]32O. The molecule has 0 saturated carbocycles. The lowest BCUT2D eigenvalue weighted by Crippen LogP contribution is -2.39. The summed E-state index contributed by atoms with van der Waals surface area (Å²) in [6.45, 7) is 8.51. The number of phenols is 1. The third-order valence-corrected chi connectivity index (χ3v) is 7.76. The number of esters is 1. The van der Waals surface area contributed by atoms with Crippen LogP contribution in [0.15, 0.2) is 53.3 Å². The molecule has 1 saturated heterocycles. The van der Waals surface area contributed by atoms with Crippen molar-refractivity contribution in [3.63, 3.8) is 0 Å². The number of aromatic hydroxyl groups is 1. The van der Waals surface area contributed by atoms with Crippen molar-refractivity contribution in [1.82, 2.24) is 5.32 Å². The fraction of sp³-hybridized carbons (Fsp3) is 0.419. The molecular formula is C31H35NO8. The third kappa shape index (κ3) is 5.07. The molecule has 3 aliphatic rings. The minimum Gasteiger partial charge on any atom is -0.507 e. The Balaban J connectivity index is 1.93. The Bertz CT molecular complexity index is 1410. The first-order valence-corrected chi connectivity index (χ1v) is 13.4. The highest BCUT2D eigenvalue weighted by molar-refractivity contribution is 6.17. The standard InChI is InChI=1S/C31H35NO8/c1-6-18-7-9-21(33)27-26-19(12-16(4)28(27)36)31(39)20(29(37)32-25(31)14-23(26)35)13-17(5)30(38)40-24(10-8-18)22(34)11-15(2)3/h8,10-14,18,20,22,24,34,36,39H,6-7,9H2,1-5H3,(H,32,37)/b10-8-,17-13-/t18-,20+,22-,24-,31+/m0/s1. The number of nitrogens with one attached hydrogen (secondary N) is 1. The highest BCUT2D eigenvalue weighted by Gasteiger charge is 2.55. The summed E-state index contributed by atoms with van der Waals surface area (Å²) in [5.74, 6) is -4.39. The zero-order valence-corrected chi connectivity index (χ0v) is 23.3. The van der Waals surface area contributed by atoms with E-state index in [0.717, 1.165) is 11.6 Å². The second kappa shape index (κ2) is 11.0. The summed E-state index contributed by atoms with van der Waals surface area (Å²) in [7, 11) is 0. The molecule has 0 aromatic heterocycles. The number of rotatable bonds is 3. The Kier molecular flexibility index (Phi) is 8.01. The zero-order chi connectivity index (χ0) is 29.5. The van der Waals surface area contributed by atoms with Crippen molar-refractivity contribution in [3.05, 3.63) is 75.5 Å². The van der Waals surface area contributed by atoms with Gasteiger partial charge in [0.25, 0.3) is 0 Å². The number of allylic oxidation sites excluding steroid dienone is 3. The number of Topliss-reactive ketones (excluding diaryl/α,β-unsaturated/α-hetero) is 1. The first kappa shape index (κ1) is 29.2. The molecule has 1 aliphatic carbocycles. The summed E-state index contributed by atoms with van der Waals surface area (Å²) in [4.78, 5) is 53.1. The number of aliphatic hydroxyl groups is 2. The van der Waals surface area contributed by atoms with Gasteiger partial charge in [-0.3, -0.25) is 14.4 Å². The number of carbonyl (C=O) groups excluding carboxylic acids is 4. The summed E-state index contributed by atoms with van der Waals surface area (Å²) in [6, 6.07) is 1.40. The van der Waals surface area contributed by atoms with Crippen molar-refractivity contribution in [1.29, 1.82) is 0 Å². The van der Waals surface area contributed by atoms with Gasteiger partial charge in [0.2, 0.25) is 5.91 Å². The minimum absolute atomic E-state index is 0.00186. The maximum Gasteiger partial charge on any atom is 0.334 e. The van der Waals surface area contributed by atoms with Crippen molar-refractivity contribution < 1.29 is 39.2 Å². The molecule has 2 heterocycles. The molecule has 212 valence electrons. The van der Waals surface area contributed by atoms with Crippen LogP contribution >= 0.6 is 0 Å². The van der Waals surface area contributed by atoms with Gasteiger partial charge < -0.3 is 25.4 Å². The topological polar surface area (TPSA) is 150 Å². The number of ketones is 2. The number of cyclic esters (lactones) is 1. The Morgan fingerprint density at radius 1 is 1.18 bits per heavy atom. The van der Waals surface area contributed by atoms with Gasteiger partial charge in [-0.25, -0.2) is 4.79 Å². The zero-order valence-electron chi connectivity index (χ0n) is 23.3. The van der Waals surface area contributed by atoms with Gasteiger partial charge in [-0.2, -0.15) is 0 Å². The van der Waals surface area contributed by atoms with Gasteiger partial charge in [-0.1, -0.05) is 30.7 Å². The van der Waals surface area contributed by atoms with Crippen LogP contribution in [-0.2, 0) is 19.9 Å². The first-order valence-electron chi connectivity index (χ1n) is 13.4. The van der Waals surface area contributed by atoms with Crippen molar-refractivity contribution >= 4 is 23.4 Å². The number of ether oxygens (including phenoxy) is 1. The number of aliphatic hydroxyl groups excluding tert-OH is 1. The molecule has 2 aliphatic heterocycles. The van der Waals surface area contributed by atoms with E-state index in [1.54, 1.807) is 39.0 Å². The molecule has 0 unspecified atom stereocenters. The summed E-state index contributed by atoms with van der Waals surface area (Å²) in [5, 5.41) is 36.3. The van der Waals surface area contributed by atoms with E-state index in [4.69, 9.17) is 4.74 Å². The molecule has 5 atom stereocenters. The van der Waals surface area contributed by atoms with E-state index in [0.29, 0.717) is 12.8 Å². The van der Waals surface area contributed by atoms with Gasteiger partial charge >= 0.3 is 5.97 Å². The lowest BCUT2D eigenvalue weighted by atomic mass is 9.72. The average Bonchev–Trinajstić information content (AvgIpc) is 3.12. The number of benzene rings is 1. The van der Waals surface area contributed by atoms with Crippen LogP contribution in [-0.4, -0.2) is 51.0 Å². The van der Waals surface area contributed by atoms with Gasteiger partial charge in [-0.15, -0.1) is 0 Å². The highest BCUT2D eigenvalue weighted by atomic mass is 16.6. The van der Waals surface area contributed by atoms with E-state index >= 15 is 0 Å². The van der Waals surface area contributed by atoms with E-state index in [1.807, 2.05) is 6.92 Å². The Hall–Kier alpha value is -3.82. The van der Waals surface area contributed by atoms with Gasteiger partial charge in [0.15, 0.2) is 11.6 Å². The quantitative estimate of drug-likeness (QED) is 0.331. The van der Waals surface area contributed by atoms with Gasteiger partial charge in [0, 0.05) is 29.2 Å². The largest absolute Gasteiger partial charge is 0.507 e. The minimum atomic E-state index is -2.10. The maximum absolute atomic E-state index is 13.5. The molecule has 9 nitrogen and oxygen atoms in total. The number of hydrogen-bond donors (Lipinski definition) is 4. The monoisotopic (exact) mass is 549 g/mol. The lowest BCUT2D eigenvalue weighted by molar-refractivity contribution is -0.145. The van der Waals surface area contributed by atoms with Gasteiger partial charge in [0.05, 0.1) is 17.2 Å². The molecule has 40 heavy (non-hydrogen) atoms. The van der Waals surface area contributed by atoms with Crippen LogP contribution in [0.4, 0.5) is 0 Å². The number of carbonyl (C=O) groups is 4. The predicted octanol–water partition coefficient (Wildman–Crippen LogP) is 3.46. The van der Waals surface area contributed by atoms with Crippen molar-refractivity contribution in [3.8, 4) is 5.75 Å². The fourth-order valence-corrected chi connectivity index (χ4v) is 5.49. The van der Waals surface area contributed by atoms with E-state index < -0.39 is 47.2 Å². The normalized spacial score (nSPS) is 29.5. The van der Waals surface area contributed by atoms with Crippen LogP contribution in [0.3, 0.4) is 0 Å². The molecule has 4 N–H and O–H groups in total. The van der Waals surface area contributed by atoms with Crippen LogP contribution in [0.1, 0.15) is 78.8 Å². The summed E-state index contributed by atoms with van der Waals surface area (Å²) in [6.07, 6.45) is 6.04. The molecular weight excluding hydrogens is 514 g/mol. The van der Waals surface area contributed by atoms with Crippen LogP contribution < -0.4 is 5.32 Å². The van der Waals surface area contributed by atoms with E-state index in [1.165, 1.54) is 19.1 Å². The first-order chi connectivity index (χ1) is 18.8. The van der Waals surface area contributed by atoms with Crippen LogP contribution in [0.5, 0.6) is 5.75 Å². The van der Waals surface area contributed by atoms with Crippen LogP contribution in [0, 0.1) is 18.8 Å². The van der Waals surface area contributed by atoms with Crippen molar-refractivity contribution in [2.45, 2.75) is 71.7 Å². The molecule has 4 rings (SSSR count). The lowest BCUT2D eigenvalue weighted by Gasteiger charge is -2.34. The Morgan fingerprint density at radius 3 is 2.52 bits per heavy atom. The number of aryl methyl sites for hydroxylation is 1. The smallest absolute Gasteiger partial charge is 0.334 e. The van der Waals surface area contributed by atoms with Crippen LogP contribution in [0.2, 0.25) is 0 Å². The average molecular weight is 550 g/mol. The second-order valence-corrected chi connectivity index (χ2v) is 11.0. The summed E-state index contributed by atoms with van der Waals surface area (Å²) >= 11 is 0.